The number of amides is 3. The van der Waals surface area contributed by atoms with Gasteiger partial charge in [0.15, 0.2) is 0 Å². The predicted molar refractivity (Wildman–Crippen MR) is 102 cm³/mol. The molecule has 1 aromatic heterocycles. The number of hydrogen-bond donors (Lipinski definition) is 2. The maximum absolute atomic E-state index is 12.5. The molecule has 1 atom stereocenters. The molecule has 0 spiro atoms. The molecule has 2 fully saturated rings. The molecule has 4 rings (SSSR count). The summed E-state index contributed by atoms with van der Waals surface area (Å²) in [6.07, 6.45) is 4.50. The first-order valence-corrected chi connectivity index (χ1v) is 10.2. The van der Waals surface area contributed by atoms with Crippen molar-refractivity contribution in [2.75, 3.05) is 19.6 Å². The van der Waals surface area contributed by atoms with Gasteiger partial charge in [-0.25, -0.2) is 9.78 Å². The Morgan fingerprint density at radius 2 is 2.00 bits per heavy atom. The third kappa shape index (κ3) is 3.67. The molecule has 7 heteroatoms. The van der Waals surface area contributed by atoms with Crippen LogP contribution in [0.1, 0.15) is 43.0 Å². The van der Waals surface area contributed by atoms with E-state index in [1.54, 1.807) is 11.3 Å². The van der Waals surface area contributed by atoms with Gasteiger partial charge in [-0.1, -0.05) is 12.1 Å². The van der Waals surface area contributed by atoms with Gasteiger partial charge < -0.3 is 15.5 Å². The van der Waals surface area contributed by atoms with Gasteiger partial charge in [-0.15, -0.1) is 11.3 Å². The average Bonchev–Trinajstić information content (AvgIpc) is 3.00. The number of urea groups is 1. The van der Waals surface area contributed by atoms with E-state index in [1.807, 2.05) is 17.0 Å². The Labute approximate surface area is 157 Å². The molecule has 0 radical (unpaired) electrons. The van der Waals surface area contributed by atoms with Crippen LogP contribution in [0.4, 0.5) is 4.79 Å². The lowest BCUT2D eigenvalue weighted by atomic mass is 9.98. The summed E-state index contributed by atoms with van der Waals surface area (Å²) in [4.78, 5) is 31.1. The topological polar surface area (TPSA) is 74.3 Å². The molecule has 2 aliphatic rings. The fraction of sp³-hybridized carbons (Fsp3) is 0.526. The molecule has 26 heavy (non-hydrogen) atoms. The van der Waals surface area contributed by atoms with Crippen molar-refractivity contribution in [1.29, 1.82) is 0 Å². The molecule has 6 nitrogen and oxygen atoms in total. The molecule has 0 saturated carbocycles. The fourth-order valence-electron chi connectivity index (χ4n) is 3.71. The number of rotatable bonds is 2. The third-order valence-electron chi connectivity index (χ3n) is 5.27. The molecule has 3 amide bonds. The van der Waals surface area contributed by atoms with Gasteiger partial charge >= 0.3 is 6.03 Å². The largest absolute Gasteiger partial charge is 0.354 e. The molecule has 0 unspecified atom stereocenters. The number of thiazole rings is 1. The van der Waals surface area contributed by atoms with Gasteiger partial charge in [0.25, 0.3) is 0 Å². The molecule has 2 N–H and O–H groups in total. The summed E-state index contributed by atoms with van der Waals surface area (Å²) in [7, 11) is 0. The summed E-state index contributed by atoms with van der Waals surface area (Å²) in [5, 5.41) is 6.96. The molecule has 2 aromatic rings. The molecular formula is C19H24N4O2S. The maximum Gasteiger partial charge on any atom is 0.318 e. The van der Waals surface area contributed by atoms with Gasteiger partial charge in [-0.3, -0.25) is 4.79 Å². The molecule has 3 heterocycles. The number of carbonyl (C=O) groups is 2. The Kier molecular flexibility index (Phi) is 5.06. The van der Waals surface area contributed by atoms with Crippen molar-refractivity contribution in [2.24, 2.45) is 0 Å². The molecule has 2 aliphatic heterocycles. The second-order valence-corrected chi connectivity index (χ2v) is 8.13. The van der Waals surface area contributed by atoms with Gasteiger partial charge in [0.05, 0.1) is 15.2 Å². The lowest BCUT2D eigenvalue weighted by Crippen LogP contribution is -2.52. The normalized spacial score (nSPS) is 22.1. The van der Waals surface area contributed by atoms with Crippen LogP contribution in [0.3, 0.4) is 0 Å². The van der Waals surface area contributed by atoms with Crippen molar-refractivity contribution in [2.45, 2.75) is 44.1 Å². The summed E-state index contributed by atoms with van der Waals surface area (Å²) in [5.41, 5.74) is 1.06. The van der Waals surface area contributed by atoms with Crippen molar-refractivity contribution in [1.82, 2.24) is 20.5 Å². The summed E-state index contributed by atoms with van der Waals surface area (Å²) in [6.45, 7) is 2.13. The van der Waals surface area contributed by atoms with Crippen molar-refractivity contribution < 1.29 is 9.59 Å². The van der Waals surface area contributed by atoms with E-state index in [1.165, 1.54) is 9.71 Å². The van der Waals surface area contributed by atoms with Crippen molar-refractivity contribution in [3.63, 3.8) is 0 Å². The number of nitrogens with one attached hydrogen (secondary N) is 2. The fourth-order valence-corrected chi connectivity index (χ4v) is 4.85. The Balaban J connectivity index is 1.34. The first kappa shape index (κ1) is 17.3. The molecule has 138 valence electrons. The quantitative estimate of drug-likeness (QED) is 0.851. The van der Waals surface area contributed by atoms with Crippen LogP contribution in [0.2, 0.25) is 0 Å². The van der Waals surface area contributed by atoms with E-state index in [9.17, 15) is 9.59 Å². The zero-order chi connectivity index (χ0) is 17.9. The first-order valence-electron chi connectivity index (χ1n) is 9.39. The van der Waals surface area contributed by atoms with Gasteiger partial charge in [-0.05, 0) is 44.2 Å². The number of para-hydroxylation sites is 1. The van der Waals surface area contributed by atoms with Crippen LogP contribution in [0.15, 0.2) is 24.3 Å². The minimum Gasteiger partial charge on any atom is -0.354 e. The van der Waals surface area contributed by atoms with Crippen LogP contribution in [-0.2, 0) is 4.79 Å². The number of carbonyl (C=O) groups excluding carboxylic acids is 2. The Morgan fingerprint density at radius 1 is 1.19 bits per heavy atom. The van der Waals surface area contributed by atoms with E-state index >= 15 is 0 Å². The van der Waals surface area contributed by atoms with E-state index < -0.39 is 6.04 Å². The first-order chi connectivity index (χ1) is 12.7. The van der Waals surface area contributed by atoms with E-state index in [2.05, 4.69) is 22.8 Å². The summed E-state index contributed by atoms with van der Waals surface area (Å²) in [5.74, 6) is 0.359. The van der Waals surface area contributed by atoms with E-state index in [0.717, 1.165) is 37.6 Å². The molecule has 0 bridgehead atoms. The zero-order valence-electron chi connectivity index (χ0n) is 14.7. The number of likely N-dealkylation sites (tertiary alicyclic amines) is 1. The number of benzene rings is 1. The van der Waals surface area contributed by atoms with Crippen LogP contribution in [-0.4, -0.2) is 47.5 Å². The summed E-state index contributed by atoms with van der Waals surface area (Å²) < 4.78 is 1.22. The van der Waals surface area contributed by atoms with Gasteiger partial charge in [0, 0.05) is 25.6 Å². The van der Waals surface area contributed by atoms with E-state index in [0.29, 0.717) is 25.6 Å². The van der Waals surface area contributed by atoms with Crippen LogP contribution < -0.4 is 10.6 Å². The number of aromatic nitrogens is 1. The minimum absolute atomic E-state index is 0.0554. The highest BCUT2D eigenvalue weighted by Crippen LogP contribution is 2.33. The second-order valence-electron chi connectivity index (χ2n) is 7.07. The number of hydrogen-bond acceptors (Lipinski definition) is 4. The lowest BCUT2D eigenvalue weighted by molar-refractivity contribution is -0.122. The summed E-state index contributed by atoms with van der Waals surface area (Å²) >= 11 is 1.76. The Morgan fingerprint density at radius 3 is 2.81 bits per heavy atom. The molecule has 1 aromatic carbocycles. The van der Waals surface area contributed by atoms with Crippen molar-refractivity contribution >= 4 is 33.5 Å². The molecule has 0 aliphatic carbocycles. The van der Waals surface area contributed by atoms with Crippen LogP contribution in [0.25, 0.3) is 10.2 Å². The van der Waals surface area contributed by atoms with Gasteiger partial charge in [0.1, 0.15) is 6.04 Å². The second kappa shape index (κ2) is 7.61. The third-order valence-corrected chi connectivity index (χ3v) is 6.47. The Hall–Kier alpha value is -2.15. The number of nitrogens with zero attached hydrogens (tertiary/aromatic N) is 2. The van der Waals surface area contributed by atoms with E-state index in [4.69, 9.17) is 4.98 Å². The number of fused-ring (bicyclic) bond motifs is 1. The Bertz CT molecular complexity index is 765. The molecular weight excluding hydrogens is 348 g/mol. The average molecular weight is 372 g/mol. The highest BCUT2D eigenvalue weighted by atomic mass is 32.1. The number of piperidine rings is 1. The minimum atomic E-state index is -0.396. The van der Waals surface area contributed by atoms with Crippen LogP contribution >= 0.6 is 11.3 Å². The van der Waals surface area contributed by atoms with Crippen LogP contribution in [0.5, 0.6) is 0 Å². The molecule has 2 saturated heterocycles. The SMILES string of the molecule is O=C1NCCCC[C@@H]1NC(=O)N1CCC(c2nc3ccccc3s2)CC1. The smallest absolute Gasteiger partial charge is 0.318 e. The highest BCUT2D eigenvalue weighted by molar-refractivity contribution is 7.18. The zero-order valence-corrected chi connectivity index (χ0v) is 15.6. The van der Waals surface area contributed by atoms with E-state index in [-0.39, 0.29) is 11.9 Å². The predicted octanol–water partition coefficient (Wildman–Crippen LogP) is 2.85. The summed E-state index contributed by atoms with van der Waals surface area (Å²) in [6, 6.07) is 7.71. The van der Waals surface area contributed by atoms with Gasteiger partial charge in [-0.2, -0.15) is 0 Å². The standard InChI is InChI=1S/C19H24N4O2S/c24-17-15(6-3-4-10-20-17)22-19(25)23-11-8-13(9-12-23)18-21-14-5-1-2-7-16(14)26-18/h1-2,5,7,13,15H,3-4,6,8-12H2,(H,20,24)(H,22,25)/t15-/m0/s1. The lowest BCUT2D eigenvalue weighted by Gasteiger charge is -2.32. The van der Waals surface area contributed by atoms with Crippen molar-refractivity contribution in [3.05, 3.63) is 29.3 Å². The highest BCUT2D eigenvalue weighted by Gasteiger charge is 2.29. The van der Waals surface area contributed by atoms with Crippen molar-refractivity contribution in [3.8, 4) is 0 Å². The van der Waals surface area contributed by atoms with Gasteiger partial charge in [0.2, 0.25) is 5.91 Å². The monoisotopic (exact) mass is 372 g/mol. The maximum atomic E-state index is 12.5. The van der Waals surface area contributed by atoms with Crippen LogP contribution in [0, 0.1) is 0 Å².